The van der Waals surface area contributed by atoms with Crippen LogP contribution in [0.2, 0.25) is 5.02 Å². The van der Waals surface area contributed by atoms with Gasteiger partial charge in [-0.05, 0) is 38.4 Å². The van der Waals surface area contributed by atoms with E-state index in [1.165, 1.54) is 0 Å². The number of nitrogens with one attached hydrogen (secondary N) is 1. The fourth-order valence-electron chi connectivity index (χ4n) is 2.29. The van der Waals surface area contributed by atoms with Crippen molar-refractivity contribution in [2.24, 2.45) is 0 Å². The number of nitrogens with zero attached hydrogens (tertiary/aromatic N) is 1. The van der Waals surface area contributed by atoms with E-state index in [4.69, 9.17) is 11.6 Å². The molecule has 4 heteroatoms. The highest BCUT2D eigenvalue weighted by atomic mass is 35.5. The van der Waals surface area contributed by atoms with E-state index in [1.54, 1.807) is 7.05 Å². The lowest BCUT2D eigenvalue weighted by Crippen LogP contribution is -2.40. The lowest BCUT2D eigenvalue weighted by Gasteiger charge is -2.30. The summed E-state index contributed by atoms with van der Waals surface area (Å²) in [7, 11) is 1.79. The Balaban J connectivity index is 2.21. The standard InChI is InChI=1S/C14H19ClN2O/c1-10(12-5-3-4-6-13(12)15)17(11-7-8-11)14(18)9-16-2/h3-6,10-11,16H,7-9H2,1-2H3. The predicted octanol–water partition coefficient (Wildman–Crippen LogP) is 2.61. The first-order valence-corrected chi connectivity index (χ1v) is 6.73. The third-order valence-corrected chi connectivity index (χ3v) is 3.67. The highest BCUT2D eigenvalue weighted by molar-refractivity contribution is 6.31. The van der Waals surface area contributed by atoms with Crippen molar-refractivity contribution in [3.05, 3.63) is 34.9 Å². The van der Waals surface area contributed by atoms with Crippen LogP contribution in [0.25, 0.3) is 0 Å². The highest BCUT2D eigenvalue weighted by Crippen LogP contribution is 2.36. The second-order valence-corrected chi connectivity index (χ2v) is 5.17. The van der Waals surface area contributed by atoms with Gasteiger partial charge in [-0.3, -0.25) is 4.79 Å². The third-order valence-electron chi connectivity index (χ3n) is 3.33. The first-order chi connectivity index (χ1) is 8.65. The molecule has 1 N–H and O–H groups in total. The Kier molecular flexibility index (Phi) is 4.25. The van der Waals surface area contributed by atoms with Gasteiger partial charge in [-0.2, -0.15) is 0 Å². The van der Waals surface area contributed by atoms with E-state index in [-0.39, 0.29) is 11.9 Å². The molecule has 1 fully saturated rings. The summed E-state index contributed by atoms with van der Waals surface area (Å²) in [5.41, 5.74) is 1.02. The van der Waals surface area contributed by atoms with Crippen molar-refractivity contribution in [3.8, 4) is 0 Å². The number of halogens is 1. The Bertz CT molecular complexity index is 432. The average Bonchev–Trinajstić information content (AvgIpc) is 3.14. The number of likely N-dealkylation sites (N-methyl/N-ethyl adjacent to an activating group) is 1. The minimum Gasteiger partial charge on any atom is -0.332 e. The molecule has 1 aliphatic rings. The molecule has 1 aliphatic carbocycles. The summed E-state index contributed by atoms with van der Waals surface area (Å²) in [4.78, 5) is 14.1. The number of amides is 1. The largest absolute Gasteiger partial charge is 0.332 e. The van der Waals surface area contributed by atoms with E-state index >= 15 is 0 Å². The Labute approximate surface area is 113 Å². The number of rotatable bonds is 5. The zero-order valence-electron chi connectivity index (χ0n) is 10.8. The molecule has 3 nitrogen and oxygen atoms in total. The molecule has 0 radical (unpaired) electrons. The third kappa shape index (κ3) is 2.85. The topological polar surface area (TPSA) is 32.3 Å². The van der Waals surface area contributed by atoms with Crippen LogP contribution in [0.4, 0.5) is 0 Å². The number of hydrogen-bond acceptors (Lipinski definition) is 2. The van der Waals surface area contributed by atoms with Gasteiger partial charge in [0.2, 0.25) is 5.91 Å². The molecular formula is C14H19ClN2O. The molecule has 0 heterocycles. The normalized spacial score (nSPS) is 16.4. The summed E-state index contributed by atoms with van der Waals surface area (Å²) >= 11 is 6.22. The van der Waals surface area contributed by atoms with Crippen LogP contribution in [-0.2, 0) is 4.79 Å². The van der Waals surface area contributed by atoms with E-state index in [2.05, 4.69) is 5.32 Å². The van der Waals surface area contributed by atoms with Crippen LogP contribution in [0.1, 0.15) is 31.4 Å². The first-order valence-electron chi connectivity index (χ1n) is 6.35. The van der Waals surface area contributed by atoms with Crippen molar-refractivity contribution in [2.75, 3.05) is 13.6 Å². The summed E-state index contributed by atoms with van der Waals surface area (Å²) in [6.45, 7) is 2.43. The van der Waals surface area contributed by atoms with Crippen LogP contribution >= 0.6 is 11.6 Å². The van der Waals surface area contributed by atoms with Crippen LogP contribution in [0.3, 0.4) is 0 Å². The first kappa shape index (κ1) is 13.4. The zero-order valence-corrected chi connectivity index (χ0v) is 11.6. The average molecular weight is 267 g/mol. The second-order valence-electron chi connectivity index (χ2n) is 4.76. The quantitative estimate of drug-likeness (QED) is 0.889. The molecule has 18 heavy (non-hydrogen) atoms. The van der Waals surface area contributed by atoms with Crippen molar-refractivity contribution in [2.45, 2.75) is 31.8 Å². The molecule has 0 aliphatic heterocycles. The van der Waals surface area contributed by atoms with Gasteiger partial charge in [0.1, 0.15) is 0 Å². The van der Waals surface area contributed by atoms with Gasteiger partial charge in [0.25, 0.3) is 0 Å². The van der Waals surface area contributed by atoms with E-state index in [0.29, 0.717) is 12.6 Å². The smallest absolute Gasteiger partial charge is 0.237 e. The van der Waals surface area contributed by atoms with Crippen molar-refractivity contribution >= 4 is 17.5 Å². The minimum absolute atomic E-state index is 0.0343. The maximum absolute atomic E-state index is 12.2. The Hall–Kier alpha value is -1.06. The van der Waals surface area contributed by atoms with E-state index in [0.717, 1.165) is 23.4 Å². The summed E-state index contributed by atoms with van der Waals surface area (Å²) < 4.78 is 0. The van der Waals surface area contributed by atoms with Gasteiger partial charge in [0.05, 0.1) is 12.6 Å². The molecule has 1 amide bonds. The highest BCUT2D eigenvalue weighted by Gasteiger charge is 2.36. The number of carbonyl (C=O) groups is 1. The molecular weight excluding hydrogens is 248 g/mol. The molecule has 2 rings (SSSR count). The van der Waals surface area contributed by atoms with Gasteiger partial charge in [0.15, 0.2) is 0 Å². The SMILES string of the molecule is CNCC(=O)N(C1CC1)C(C)c1ccccc1Cl. The molecule has 98 valence electrons. The fraction of sp³-hybridized carbons (Fsp3) is 0.500. The van der Waals surface area contributed by atoms with Gasteiger partial charge < -0.3 is 10.2 Å². The van der Waals surface area contributed by atoms with Crippen molar-refractivity contribution < 1.29 is 4.79 Å². The van der Waals surface area contributed by atoms with Gasteiger partial charge in [0, 0.05) is 11.1 Å². The molecule has 1 saturated carbocycles. The number of benzene rings is 1. The molecule has 1 aromatic carbocycles. The molecule has 1 unspecified atom stereocenters. The molecule has 1 atom stereocenters. The number of hydrogen-bond donors (Lipinski definition) is 1. The Morgan fingerprint density at radius 2 is 2.17 bits per heavy atom. The van der Waals surface area contributed by atoms with E-state index in [1.807, 2.05) is 36.1 Å². The van der Waals surface area contributed by atoms with Gasteiger partial charge >= 0.3 is 0 Å². The predicted molar refractivity (Wildman–Crippen MR) is 73.7 cm³/mol. The lowest BCUT2D eigenvalue weighted by molar-refractivity contribution is -0.132. The van der Waals surface area contributed by atoms with Gasteiger partial charge in [-0.25, -0.2) is 0 Å². The Morgan fingerprint density at radius 1 is 1.50 bits per heavy atom. The van der Waals surface area contributed by atoms with Crippen LogP contribution < -0.4 is 5.32 Å². The van der Waals surface area contributed by atoms with Crippen molar-refractivity contribution in [1.82, 2.24) is 10.2 Å². The van der Waals surface area contributed by atoms with Crippen LogP contribution in [-0.4, -0.2) is 30.4 Å². The number of carbonyl (C=O) groups excluding carboxylic acids is 1. The van der Waals surface area contributed by atoms with Crippen LogP contribution in [0.5, 0.6) is 0 Å². The Morgan fingerprint density at radius 3 is 2.72 bits per heavy atom. The lowest BCUT2D eigenvalue weighted by atomic mass is 10.1. The molecule has 0 saturated heterocycles. The van der Waals surface area contributed by atoms with E-state index in [9.17, 15) is 4.79 Å². The maximum atomic E-state index is 12.2. The van der Waals surface area contributed by atoms with Crippen molar-refractivity contribution in [1.29, 1.82) is 0 Å². The summed E-state index contributed by atoms with van der Waals surface area (Å²) in [5.74, 6) is 0.146. The summed E-state index contributed by atoms with van der Waals surface area (Å²) in [6, 6.07) is 8.17. The fourth-order valence-corrected chi connectivity index (χ4v) is 2.59. The molecule has 0 bridgehead atoms. The zero-order chi connectivity index (χ0) is 13.1. The minimum atomic E-state index is 0.0343. The second kappa shape index (κ2) is 5.72. The van der Waals surface area contributed by atoms with Gasteiger partial charge in [-0.1, -0.05) is 29.8 Å². The molecule has 1 aromatic rings. The molecule has 0 spiro atoms. The van der Waals surface area contributed by atoms with Gasteiger partial charge in [-0.15, -0.1) is 0 Å². The maximum Gasteiger partial charge on any atom is 0.237 e. The molecule has 0 aromatic heterocycles. The van der Waals surface area contributed by atoms with Crippen molar-refractivity contribution in [3.63, 3.8) is 0 Å². The van der Waals surface area contributed by atoms with E-state index < -0.39 is 0 Å². The monoisotopic (exact) mass is 266 g/mol. The summed E-state index contributed by atoms with van der Waals surface area (Å²) in [6.07, 6.45) is 2.20. The summed E-state index contributed by atoms with van der Waals surface area (Å²) in [5, 5.41) is 3.66. The van der Waals surface area contributed by atoms with Crippen LogP contribution in [0.15, 0.2) is 24.3 Å². The van der Waals surface area contributed by atoms with Crippen LogP contribution in [0, 0.1) is 0 Å².